The third kappa shape index (κ3) is 6.53. The number of aryl methyl sites for hydroxylation is 2. The van der Waals surface area contributed by atoms with Gasteiger partial charge < -0.3 is 9.80 Å². The highest BCUT2D eigenvalue weighted by atomic mass is 15.1. The van der Waals surface area contributed by atoms with Gasteiger partial charge in [0.2, 0.25) is 0 Å². The molecular formula is C58H50N2. The normalized spacial score (nSPS) is 15.0. The number of anilines is 6. The maximum atomic E-state index is 2.45. The van der Waals surface area contributed by atoms with Gasteiger partial charge in [0.15, 0.2) is 0 Å². The summed E-state index contributed by atoms with van der Waals surface area (Å²) in [6.45, 7) is 11.5. The molecule has 2 heteroatoms. The van der Waals surface area contributed by atoms with E-state index in [0.717, 1.165) is 23.5 Å². The Hall–Kier alpha value is -6.90. The minimum atomic E-state index is -0.220. The van der Waals surface area contributed by atoms with Crippen molar-refractivity contribution >= 4 is 50.5 Å². The Balaban J connectivity index is 1.04. The van der Waals surface area contributed by atoms with Gasteiger partial charge in [0.1, 0.15) is 0 Å². The maximum absolute atomic E-state index is 2.45. The van der Waals surface area contributed by atoms with Crippen LogP contribution in [-0.2, 0) is 5.41 Å². The van der Waals surface area contributed by atoms with Gasteiger partial charge in [0.25, 0.3) is 0 Å². The third-order valence-corrected chi connectivity index (χ3v) is 12.8. The summed E-state index contributed by atoms with van der Waals surface area (Å²) in [5.74, 6) is 0.558. The zero-order valence-corrected chi connectivity index (χ0v) is 35.2. The van der Waals surface area contributed by atoms with Gasteiger partial charge in [0, 0.05) is 39.5 Å². The highest BCUT2D eigenvalue weighted by Gasteiger charge is 2.37. The first kappa shape index (κ1) is 37.4. The van der Waals surface area contributed by atoms with Crippen LogP contribution in [-0.4, -0.2) is 0 Å². The summed E-state index contributed by atoms with van der Waals surface area (Å²) < 4.78 is 0. The van der Waals surface area contributed by atoms with Crippen molar-refractivity contribution in [2.24, 2.45) is 5.92 Å². The van der Waals surface area contributed by atoms with Crippen molar-refractivity contribution < 1.29 is 0 Å². The average molecular weight is 775 g/mol. The first-order chi connectivity index (χ1) is 29.2. The maximum Gasteiger partial charge on any atom is 0.0490 e. The molecule has 292 valence electrons. The Morgan fingerprint density at radius 1 is 0.500 bits per heavy atom. The van der Waals surface area contributed by atoms with E-state index in [1.54, 1.807) is 0 Å². The van der Waals surface area contributed by atoms with Crippen LogP contribution >= 0.6 is 0 Å². The van der Waals surface area contributed by atoms with Crippen LogP contribution in [0.15, 0.2) is 194 Å². The number of hydrogen-bond donors (Lipinski definition) is 0. The summed E-state index contributed by atoms with van der Waals surface area (Å²) in [4.78, 5) is 4.84. The van der Waals surface area contributed by atoms with E-state index in [1.165, 1.54) is 83.5 Å². The van der Waals surface area contributed by atoms with Crippen molar-refractivity contribution in [3.05, 3.63) is 222 Å². The molecule has 0 N–H and O–H groups in total. The number of para-hydroxylation sites is 2. The Labute approximate surface area is 355 Å². The first-order valence-corrected chi connectivity index (χ1v) is 21.3. The molecule has 8 aromatic carbocycles. The Bertz CT molecular complexity index is 2950. The highest BCUT2D eigenvalue weighted by molar-refractivity contribution is 6.00. The van der Waals surface area contributed by atoms with E-state index in [4.69, 9.17) is 0 Å². The van der Waals surface area contributed by atoms with E-state index >= 15 is 0 Å². The summed E-state index contributed by atoms with van der Waals surface area (Å²) in [5, 5.41) is 2.54. The number of nitrogens with zero attached hydrogens (tertiary/aromatic N) is 2. The van der Waals surface area contributed by atoms with Crippen LogP contribution in [0.3, 0.4) is 0 Å². The van der Waals surface area contributed by atoms with Gasteiger partial charge in [0.05, 0.1) is 0 Å². The van der Waals surface area contributed by atoms with Gasteiger partial charge in [-0.3, -0.25) is 0 Å². The quantitative estimate of drug-likeness (QED) is 0.152. The zero-order valence-electron chi connectivity index (χ0n) is 35.2. The van der Waals surface area contributed by atoms with Gasteiger partial charge in [-0.2, -0.15) is 0 Å². The summed E-state index contributed by atoms with van der Waals surface area (Å²) >= 11 is 0. The second-order valence-electron chi connectivity index (χ2n) is 17.2. The van der Waals surface area contributed by atoms with Gasteiger partial charge in [-0.15, -0.1) is 0 Å². The van der Waals surface area contributed by atoms with Crippen LogP contribution in [0, 0.1) is 19.8 Å². The molecule has 8 aromatic rings. The average Bonchev–Trinajstić information content (AvgIpc) is 3.51. The minimum absolute atomic E-state index is 0.220. The second-order valence-corrected chi connectivity index (χ2v) is 17.2. The fraction of sp³-hybridized carbons (Fsp3) is 0.138. The lowest BCUT2D eigenvalue weighted by molar-refractivity contribution is 0.666. The number of allylic oxidation sites excluding steroid dienone is 4. The third-order valence-electron chi connectivity index (χ3n) is 12.8. The van der Waals surface area contributed by atoms with Crippen LogP contribution in [0.25, 0.3) is 38.6 Å². The van der Waals surface area contributed by atoms with Crippen molar-refractivity contribution in [3.8, 4) is 22.3 Å². The molecule has 0 heterocycles. The van der Waals surface area contributed by atoms with Crippen molar-refractivity contribution in [1.82, 2.24) is 0 Å². The summed E-state index contributed by atoms with van der Waals surface area (Å²) in [7, 11) is 0. The van der Waals surface area contributed by atoms with Crippen molar-refractivity contribution in [1.29, 1.82) is 0 Å². The fourth-order valence-electron chi connectivity index (χ4n) is 9.66. The van der Waals surface area contributed by atoms with Crippen LogP contribution in [0.2, 0.25) is 0 Å². The van der Waals surface area contributed by atoms with Crippen molar-refractivity contribution in [2.45, 2.75) is 46.5 Å². The van der Waals surface area contributed by atoms with Crippen LogP contribution in [0.4, 0.5) is 34.1 Å². The van der Waals surface area contributed by atoms with Crippen molar-refractivity contribution in [3.63, 3.8) is 0 Å². The monoisotopic (exact) mass is 774 g/mol. The van der Waals surface area contributed by atoms with E-state index in [-0.39, 0.29) is 5.41 Å². The van der Waals surface area contributed by atoms with E-state index in [2.05, 4.69) is 239 Å². The Morgan fingerprint density at radius 2 is 1.03 bits per heavy atom. The molecule has 0 fully saturated rings. The van der Waals surface area contributed by atoms with Crippen LogP contribution < -0.4 is 9.80 Å². The molecule has 60 heavy (non-hydrogen) atoms. The number of rotatable bonds is 8. The SMILES string of the molecule is Cc1ccccc1N(c1ccc(C2=CC(C)CC=C2)cc1)c1ccc2c(c1)C(C)(C)c1c-2ccc2cc(N(c3ccc(-c4ccccc4)cc3)c3ccccc3C)ccc12. The van der Waals surface area contributed by atoms with E-state index < -0.39 is 0 Å². The van der Waals surface area contributed by atoms with E-state index in [0.29, 0.717) is 5.92 Å². The van der Waals surface area contributed by atoms with Gasteiger partial charge in [-0.1, -0.05) is 154 Å². The van der Waals surface area contributed by atoms with Gasteiger partial charge in [-0.25, -0.2) is 0 Å². The van der Waals surface area contributed by atoms with Crippen molar-refractivity contribution in [2.75, 3.05) is 9.80 Å². The smallest absolute Gasteiger partial charge is 0.0490 e. The number of hydrogen-bond acceptors (Lipinski definition) is 2. The molecule has 0 amide bonds. The molecule has 0 saturated carbocycles. The standard InChI is InChI=1S/C58H50N2/c1-39-14-13-19-45(36-39)44-24-29-48(30-25-44)60(56-21-12-10-16-41(56)3)50-32-35-52-53-33-26-46-37-49(31-34-51(46)57(53)58(4,5)54(52)38-50)59(55-20-11-9-15-40(55)2)47-27-22-43(23-28-47)42-17-7-6-8-18-42/h6-13,15-39H,14H2,1-5H3. The highest BCUT2D eigenvalue weighted by Crippen LogP contribution is 2.54. The lowest BCUT2D eigenvalue weighted by Crippen LogP contribution is -2.17. The Kier molecular flexibility index (Phi) is 9.37. The predicted octanol–water partition coefficient (Wildman–Crippen LogP) is 16.3. The second kappa shape index (κ2) is 15.0. The molecule has 1 atom stereocenters. The fourth-order valence-corrected chi connectivity index (χ4v) is 9.66. The molecule has 0 aliphatic heterocycles. The molecule has 0 saturated heterocycles. The molecule has 10 rings (SSSR count). The molecule has 2 aliphatic rings. The van der Waals surface area contributed by atoms with Crippen LogP contribution in [0.5, 0.6) is 0 Å². The molecule has 2 aliphatic carbocycles. The van der Waals surface area contributed by atoms with E-state index in [1.807, 2.05) is 0 Å². The molecular weight excluding hydrogens is 725 g/mol. The molecule has 0 bridgehead atoms. The molecule has 0 radical (unpaired) electrons. The Morgan fingerprint density at radius 3 is 1.67 bits per heavy atom. The number of benzene rings is 8. The van der Waals surface area contributed by atoms with Gasteiger partial charge in [-0.05, 0) is 153 Å². The molecule has 1 unspecified atom stereocenters. The van der Waals surface area contributed by atoms with Gasteiger partial charge >= 0.3 is 0 Å². The summed E-state index contributed by atoms with van der Waals surface area (Å²) in [6, 6.07) is 65.0. The number of fused-ring (bicyclic) bond motifs is 5. The molecule has 0 aromatic heterocycles. The minimum Gasteiger partial charge on any atom is -0.310 e. The van der Waals surface area contributed by atoms with E-state index in [9.17, 15) is 0 Å². The lowest BCUT2D eigenvalue weighted by atomic mass is 9.80. The predicted molar refractivity (Wildman–Crippen MR) is 257 cm³/mol. The molecule has 2 nitrogen and oxygen atoms in total. The lowest BCUT2D eigenvalue weighted by Gasteiger charge is -2.30. The summed E-state index contributed by atoms with van der Waals surface area (Å²) in [5.41, 5.74) is 19.6. The topological polar surface area (TPSA) is 6.48 Å². The summed E-state index contributed by atoms with van der Waals surface area (Å²) in [6.07, 6.45) is 8.06. The largest absolute Gasteiger partial charge is 0.310 e. The zero-order chi connectivity index (χ0) is 41.0. The van der Waals surface area contributed by atoms with Crippen LogP contribution in [0.1, 0.15) is 55.0 Å². The molecule has 0 spiro atoms. The first-order valence-electron chi connectivity index (χ1n) is 21.3.